The number of carbonyl (C=O) groups excluding carboxylic acids is 2. The summed E-state index contributed by atoms with van der Waals surface area (Å²) in [7, 11) is 2.25. The van der Waals surface area contributed by atoms with Crippen molar-refractivity contribution >= 4 is 11.8 Å². The summed E-state index contributed by atoms with van der Waals surface area (Å²) in [5.41, 5.74) is 1.41. The Morgan fingerprint density at radius 3 is 2.31 bits per heavy atom. The summed E-state index contributed by atoms with van der Waals surface area (Å²) >= 11 is 0. The number of carbonyl (C=O) groups is 2. The number of likely N-dealkylation sites (N-methyl/N-ethyl adjacent to an activating group) is 1. The highest BCUT2D eigenvalue weighted by Gasteiger charge is 2.44. The molecule has 3 fully saturated rings. The van der Waals surface area contributed by atoms with Crippen LogP contribution in [0.1, 0.15) is 56.9 Å². The zero-order chi connectivity index (χ0) is 20.4. The summed E-state index contributed by atoms with van der Waals surface area (Å²) in [5.74, 6) is 1.04. The Morgan fingerprint density at radius 1 is 0.897 bits per heavy atom. The van der Waals surface area contributed by atoms with E-state index in [0.29, 0.717) is 23.9 Å². The number of hydrogen-bond acceptors (Lipinski definition) is 3. The van der Waals surface area contributed by atoms with Crippen molar-refractivity contribution in [2.24, 2.45) is 5.92 Å². The van der Waals surface area contributed by atoms with Gasteiger partial charge in [-0.1, -0.05) is 36.8 Å². The maximum atomic E-state index is 13.6. The van der Waals surface area contributed by atoms with E-state index in [4.69, 9.17) is 0 Å². The second-order valence-electron chi connectivity index (χ2n) is 9.15. The summed E-state index contributed by atoms with van der Waals surface area (Å²) in [5, 5.41) is 0. The molecule has 29 heavy (non-hydrogen) atoms. The molecule has 3 heterocycles. The minimum atomic E-state index is 0.0769. The van der Waals surface area contributed by atoms with E-state index < -0.39 is 0 Å². The van der Waals surface area contributed by atoms with Crippen LogP contribution in [0, 0.1) is 5.92 Å². The zero-order valence-corrected chi connectivity index (χ0v) is 17.9. The lowest BCUT2D eigenvalue weighted by Gasteiger charge is -2.49. The fourth-order valence-corrected chi connectivity index (χ4v) is 5.87. The first-order valence-corrected chi connectivity index (χ1v) is 11.4. The molecule has 3 saturated heterocycles. The van der Waals surface area contributed by atoms with Crippen molar-refractivity contribution < 1.29 is 9.59 Å². The van der Waals surface area contributed by atoms with Crippen molar-refractivity contribution in [2.45, 2.75) is 63.5 Å². The quantitative estimate of drug-likeness (QED) is 0.770. The molecule has 0 spiro atoms. The van der Waals surface area contributed by atoms with Gasteiger partial charge in [-0.25, -0.2) is 0 Å². The maximum absolute atomic E-state index is 13.6. The number of amides is 2. The topological polar surface area (TPSA) is 43.9 Å². The van der Waals surface area contributed by atoms with E-state index in [2.05, 4.69) is 47.2 Å². The SMILES string of the molecule is CC(=O)N1CCC(C(=O)N2CC[C@H](c3ccccc3)[C@@H]3[C@H]2CCCCN3C)CC1. The molecule has 0 N–H and O–H groups in total. The van der Waals surface area contributed by atoms with Gasteiger partial charge in [-0.15, -0.1) is 0 Å². The molecular formula is C24H35N3O2. The summed E-state index contributed by atoms with van der Waals surface area (Å²) in [4.78, 5) is 31.8. The van der Waals surface area contributed by atoms with Crippen molar-refractivity contribution in [1.29, 1.82) is 0 Å². The molecule has 3 aliphatic heterocycles. The third-order valence-electron chi connectivity index (χ3n) is 7.46. The van der Waals surface area contributed by atoms with Crippen molar-refractivity contribution in [1.82, 2.24) is 14.7 Å². The van der Waals surface area contributed by atoms with Gasteiger partial charge >= 0.3 is 0 Å². The molecule has 0 aromatic heterocycles. The van der Waals surface area contributed by atoms with Crippen LogP contribution in [0.5, 0.6) is 0 Å². The Bertz CT molecular complexity index is 714. The number of piperidine rings is 2. The van der Waals surface area contributed by atoms with Crippen LogP contribution in [0.25, 0.3) is 0 Å². The summed E-state index contributed by atoms with van der Waals surface area (Å²) < 4.78 is 0. The van der Waals surface area contributed by atoms with Gasteiger partial charge in [0.05, 0.1) is 0 Å². The van der Waals surface area contributed by atoms with Gasteiger partial charge in [0.1, 0.15) is 0 Å². The molecule has 1 aromatic carbocycles. The predicted molar refractivity (Wildman–Crippen MR) is 115 cm³/mol. The first kappa shape index (κ1) is 20.4. The van der Waals surface area contributed by atoms with Gasteiger partial charge in [0, 0.05) is 50.5 Å². The maximum Gasteiger partial charge on any atom is 0.226 e. The van der Waals surface area contributed by atoms with Gasteiger partial charge in [0.2, 0.25) is 11.8 Å². The van der Waals surface area contributed by atoms with Crippen LogP contribution in [0.4, 0.5) is 0 Å². The summed E-state index contributed by atoms with van der Waals surface area (Å²) in [6, 6.07) is 11.6. The molecule has 158 valence electrons. The fraction of sp³-hybridized carbons (Fsp3) is 0.667. The highest BCUT2D eigenvalue weighted by molar-refractivity contribution is 5.80. The minimum Gasteiger partial charge on any atom is -0.343 e. The largest absolute Gasteiger partial charge is 0.343 e. The molecule has 0 bridgehead atoms. The predicted octanol–water partition coefficient (Wildman–Crippen LogP) is 3.11. The Labute approximate surface area is 175 Å². The number of fused-ring (bicyclic) bond motifs is 1. The molecule has 4 rings (SSSR count). The normalized spacial score (nSPS) is 29.2. The number of rotatable bonds is 2. The van der Waals surface area contributed by atoms with Crippen molar-refractivity contribution in [3.63, 3.8) is 0 Å². The minimum absolute atomic E-state index is 0.0769. The third-order valence-corrected chi connectivity index (χ3v) is 7.46. The van der Waals surface area contributed by atoms with Crippen LogP contribution < -0.4 is 0 Å². The number of hydrogen-bond donors (Lipinski definition) is 0. The van der Waals surface area contributed by atoms with Gasteiger partial charge in [-0.3, -0.25) is 9.59 Å². The zero-order valence-electron chi connectivity index (χ0n) is 17.9. The second-order valence-corrected chi connectivity index (χ2v) is 9.15. The molecule has 2 amide bonds. The first-order valence-electron chi connectivity index (χ1n) is 11.4. The van der Waals surface area contributed by atoms with E-state index in [9.17, 15) is 9.59 Å². The van der Waals surface area contributed by atoms with Crippen molar-refractivity contribution in [3.8, 4) is 0 Å². The Hall–Kier alpha value is -1.88. The van der Waals surface area contributed by atoms with Gasteiger partial charge in [-0.2, -0.15) is 0 Å². The number of likely N-dealkylation sites (tertiary alicyclic amines) is 3. The summed E-state index contributed by atoms with van der Waals surface area (Å²) in [6.07, 6.45) is 6.17. The molecular weight excluding hydrogens is 362 g/mol. The molecule has 1 aromatic rings. The smallest absolute Gasteiger partial charge is 0.226 e. The van der Waals surface area contributed by atoms with Crippen LogP contribution in [0.3, 0.4) is 0 Å². The first-order chi connectivity index (χ1) is 14.1. The molecule has 5 nitrogen and oxygen atoms in total. The average Bonchev–Trinajstić information content (AvgIpc) is 2.95. The average molecular weight is 398 g/mol. The van der Waals surface area contributed by atoms with E-state index >= 15 is 0 Å². The lowest BCUT2D eigenvalue weighted by Crippen LogP contribution is -2.59. The highest BCUT2D eigenvalue weighted by Crippen LogP contribution is 2.39. The lowest BCUT2D eigenvalue weighted by atomic mass is 9.78. The van der Waals surface area contributed by atoms with Crippen molar-refractivity contribution in [3.05, 3.63) is 35.9 Å². The Morgan fingerprint density at radius 2 is 1.62 bits per heavy atom. The molecule has 0 aliphatic carbocycles. The lowest BCUT2D eigenvalue weighted by molar-refractivity contribution is -0.145. The van der Waals surface area contributed by atoms with Gasteiger partial charge in [-0.05, 0) is 51.3 Å². The van der Waals surface area contributed by atoms with Crippen LogP contribution in [0.15, 0.2) is 30.3 Å². The van der Waals surface area contributed by atoms with Gasteiger partial charge in [0.25, 0.3) is 0 Å². The molecule has 0 radical (unpaired) electrons. The monoisotopic (exact) mass is 397 g/mol. The molecule has 5 heteroatoms. The van der Waals surface area contributed by atoms with Gasteiger partial charge in [0.15, 0.2) is 0 Å². The number of nitrogens with zero attached hydrogens (tertiary/aromatic N) is 3. The fourth-order valence-electron chi connectivity index (χ4n) is 5.87. The Balaban J connectivity index is 1.53. The third kappa shape index (κ3) is 4.20. The second kappa shape index (κ2) is 8.86. The van der Waals surface area contributed by atoms with E-state index in [-0.39, 0.29) is 11.8 Å². The molecule has 3 atom stereocenters. The van der Waals surface area contributed by atoms with E-state index in [0.717, 1.165) is 51.9 Å². The van der Waals surface area contributed by atoms with E-state index in [1.54, 1.807) is 6.92 Å². The van der Waals surface area contributed by atoms with Crippen LogP contribution >= 0.6 is 0 Å². The standard InChI is InChI=1S/C24H35N3O2/c1-18(28)26-15-11-20(12-16-26)24(29)27-17-13-21(19-8-4-3-5-9-19)23-22(27)10-6-7-14-25(23)2/h3-5,8-9,20-23H,6-7,10-17H2,1-2H3/t21-,22-,23-/m1/s1. The van der Waals surface area contributed by atoms with Crippen LogP contribution in [0.2, 0.25) is 0 Å². The van der Waals surface area contributed by atoms with E-state index in [1.165, 1.54) is 18.4 Å². The van der Waals surface area contributed by atoms with E-state index in [1.807, 2.05) is 4.90 Å². The molecule has 3 aliphatic rings. The molecule has 0 saturated carbocycles. The van der Waals surface area contributed by atoms with Crippen LogP contribution in [-0.4, -0.2) is 71.8 Å². The van der Waals surface area contributed by atoms with Crippen LogP contribution in [-0.2, 0) is 9.59 Å². The summed E-state index contributed by atoms with van der Waals surface area (Å²) in [6.45, 7) is 5.05. The Kier molecular flexibility index (Phi) is 6.23. The van der Waals surface area contributed by atoms with Crippen molar-refractivity contribution in [2.75, 3.05) is 33.2 Å². The molecule has 0 unspecified atom stereocenters. The number of benzene rings is 1. The van der Waals surface area contributed by atoms with Gasteiger partial charge < -0.3 is 14.7 Å². The highest BCUT2D eigenvalue weighted by atomic mass is 16.2.